The highest BCUT2D eigenvalue weighted by atomic mass is 32.2. The number of aliphatic hydroxyl groups is 1. The molecule has 3 rings (SSSR count). The van der Waals surface area contributed by atoms with Gasteiger partial charge in [-0.2, -0.15) is 17.5 Å². The zero-order valence-corrected chi connectivity index (χ0v) is 21.7. The molecule has 0 bridgehead atoms. The minimum atomic E-state index is -4.68. The molecule has 0 radical (unpaired) electrons. The molecule has 1 saturated heterocycles. The molecule has 0 aromatic heterocycles. The number of nitrogens with zero attached hydrogens (tertiary/aromatic N) is 2. The van der Waals surface area contributed by atoms with E-state index in [-0.39, 0.29) is 10.6 Å². The molecule has 36 heavy (non-hydrogen) atoms. The average molecular weight is 529 g/mol. The van der Waals surface area contributed by atoms with Crippen LogP contribution in [0.15, 0.2) is 41.3 Å². The molecule has 1 aliphatic heterocycles. The number of para-hydroxylation sites is 1. The quantitative estimate of drug-likeness (QED) is 0.356. The topological polar surface area (TPSA) is 70.1 Å². The van der Waals surface area contributed by atoms with Crippen molar-refractivity contribution in [2.75, 3.05) is 31.1 Å². The molecular formula is C26H35F3N2O4S. The molecule has 2 aromatic rings. The molecule has 1 fully saturated rings. The molecule has 1 heterocycles. The lowest BCUT2D eigenvalue weighted by Gasteiger charge is -2.30. The number of unbranched alkanes of at least 4 members (excludes halogenated alkanes) is 2. The maximum absolute atomic E-state index is 13.8. The van der Waals surface area contributed by atoms with E-state index in [2.05, 4.69) is 0 Å². The fraction of sp³-hybridized carbons (Fsp3) is 0.538. The second-order valence-corrected chi connectivity index (χ2v) is 10.9. The van der Waals surface area contributed by atoms with Crippen LogP contribution in [-0.2, 0) is 22.8 Å². The van der Waals surface area contributed by atoms with Crippen molar-refractivity contribution in [2.45, 2.75) is 70.1 Å². The largest absolute Gasteiger partial charge is 0.453 e. The zero-order chi connectivity index (χ0) is 26.3. The first-order valence-corrected chi connectivity index (χ1v) is 13.9. The number of ether oxygens (including phenoxy) is 1. The molecule has 2 aromatic carbocycles. The van der Waals surface area contributed by atoms with Crippen molar-refractivity contribution in [1.82, 2.24) is 4.31 Å². The number of benzene rings is 2. The van der Waals surface area contributed by atoms with Gasteiger partial charge in [0, 0.05) is 26.2 Å². The third-order valence-corrected chi connectivity index (χ3v) is 8.17. The van der Waals surface area contributed by atoms with Gasteiger partial charge in [0.2, 0.25) is 10.0 Å². The zero-order valence-electron chi connectivity index (χ0n) is 20.9. The van der Waals surface area contributed by atoms with E-state index in [0.717, 1.165) is 31.7 Å². The van der Waals surface area contributed by atoms with Crippen LogP contribution in [0, 0.1) is 0 Å². The second kappa shape index (κ2) is 12.3. The molecule has 0 spiro atoms. The van der Waals surface area contributed by atoms with E-state index < -0.39 is 34.1 Å². The molecule has 0 amide bonds. The van der Waals surface area contributed by atoms with E-state index in [0.29, 0.717) is 50.3 Å². The normalized spacial score (nSPS) is 14.8. The van der Waals surface area contributed by atoms with Crippen molar-refractivity contribution in [2.24, 2.45) is 0 Å². The molecular weight excluding hydrogens is 493 g/mol. The van der Waals surface area contributed by atoms with Gasteiger partial charge in [0.1, 0.15) is 10.6 Å². The number of rotatable bonds is 12. The van der Waals surface area contributed by atoms with Crippen LogP contribution in [0.5, 0.6) is 11.5 Å². The van der Waals surface area contributed by atoms with Crippen LogP contribution in [-0.4, -0.2) is 44.0 Å². The molecule has 10 heteroatoms. The number of halogens is 3. The third kappa shape index (κ3) is 6.52. The van der Waals surface area contributed by atoms with Crippen LogP contribution in [0.1, 0.15) is 63.5 Å². The van der Waals surface area contributed by atoms with Gasteiger partial charge in [-0.1, -0.05) is 38.8 Å². The first-order chi connectivity index (χ1) is 17.1. The van der Waals surface area contributed by atoms with E-state index >= 15 is 0 Å². The van der Waals surface area contributed by atoms with Crippen molar-refractivity contribution >= 4 is 15.7 Å². The minimum Gasteiger partial charge on any atom is -0.453 e. The summed E-state index contributed by atoms with van der Waals surface area (Å²) in [6.07, 6.45) is 0.109. The molecule has 0 unspecified atom stereocenters. The van der Waals surface area contributed by atoms with Crippen LogP contribution >= 0.6 is 0 Å². The Morgan fingerprint density at radius 2 is 1.64 bits per heavy atom. The Hall–Kier alpha value is -2.30. The van der Waals surface area contributed by atoms with E-state index in [9.17, 15) is 26.7 Å². The number of hydrogen-bond donors (Lipinski definition) is 1. The fourth-order valence-corrected chi connectivity index (χ4v) is 5.98. The van der Waals surface area contributed by atoms with Crippen LogP contribution in [0.25, 0.3) is 0 Å². The molecule has 0 atom stereocenters. The number of anilines is 1. The molecule has 6 nitrogen and oxygen atoms in total. The minimum absolute atomic E-state index is 0.136. The third-order valence-electron chi connectivity index (χ3n) is 6.27. The number of hydrogen-bond acceptors (Lipinski definition) is 5. The predicted octanol–water partition coefficient (Wildman–Crippen LogP) is 6.18. The van der Waals surface area contributed by atoms with Gasteiger partial charge >= 0.3 is 6.18 Å². The summed E-state index contributed by atoms with van der Waals surface area (Å²) < 4.78 is 76.1. The number of aliphatic hydroxyl groups excluding tert-OH is 1. The van der Waals surface area contributed by atoms with Crippen LogP contribution in [0.2, 0.25) is 0 Å². The highest BCUT2D eigenvalue weighted by molar-refractivity contribution is 7.89. The van der Waals surface area contributed by atoms with E-state index in [4.69, 9.17) is 4.74 Å². The Kier molecular flexibility index (Phi) is 9.66. The molecule has 0 aliphatic carbocycles. The molecule has 1 aliphatic rings. The van der Waals surface area contributed by atoms with Gasteiger partial charge in [-0.15, -0.1) is 0 Å². The Morgan fingerprint density at radius 3 is 2.19 bits per heavy atom. The molecule has 0 saturated carbocycles. The lowest BCUT2D eigenvalue weighted by atomic mass is 10.1. The van der Waals surface area contributed by atoms with Gasteiger partial charge in [-0.25, -0.2) is 8.42 Å². The smallest absolute Gasteiger partial charge is 0.419 e. The monoisotopic (exact) mass is 528 g/mol. The lowest BCUT2D eigenvalue weighted by molar-refractivity contribution is -0.138. The summed E-state index contributed by atoms with van der Waals surface area (Å²) in [4.78, 5) is 1.74. The van der Waals surface area contributed by atoms with E-state index in [1.165, 1.54) is 28.6 Å². The van der Waals surface area contributed by atoms with Gasteiger partial charge in [0.25, 0.3) is 0 Å². The number of sulfonamides is 1. The van der Waals surface area contributed by atoms with Gasteiger partial charge in [0.15, 0.2) is 5.75 Å². The molecule has 200 valence electrons. The highest BCUT2D eigenvalue weighted by Crippen LogP contribution is 2.45. The van der Waals surface area contributed by atoms with Gasteiger partial charge in [0.05, 0.1) is 17.9 Å². The average Bonchev–Trinajstić information content (AvgIpc) is 3.40. The summed E-state index contributed by atoms with van der Waals surface area (Å²) in [6, 6.07) is 7.74. The standard InChI is InChI=1S/C26H35F3N2O4S/c1-3-5-13-30(14-6-4-2)22-17-20(19-32)18-24(36(33,34)31-15-9-10-16-31)25(22)35-23-12-8-7-11-21(23)26(27,28)29/h7-8,11-12,17-18,32H,3-6,9-10,13-16,19H2,1-2H3. The van der Waals surface area contributed by atoms with Gasteiger partial charge in [-0.05, 0) is 55.5 Å². The van der Waals surface area contributed by atoms with Crippen molar-refractivity contribution in [3.05, 3.63) is 47.5 Å². The maximum atomic E-state index is 13.8. The summed E-state index contributed by atoms with van der Waals surface area (Å²) in [6.45, 7) is 5.46. The first-order valence-electron chi connectivity index (χ1n) is 12.5. The summed E-state index contributed by atoms with van der Waals surface area (Å²) in [5, 5.41) is 9.97. The van der Waals surface area contributed by atoms with E-state index in [1.807, 2.05) is 18.7 Å². The van der Waals surface area contributed by atoms with Crippen LogP contribution in [0.4, 0.5) is 18.9 Å². The second-order valence-electron chi connectivity index (χ2n) is 9.00. The maximum Gasteiger partial charge on any atom is 0.419 e. The lowest BCUT2D eigenvalue weighted by Crippen LogP contribution is -2.30. The van der Waals surface area contributed by atoms with Gasteiger partial charge in [-0.3, -0.25) is 0 Å². The summed E-state index contributed by atoms with van der Waals surface area (Å²) in [7, 11) is -4.08. The first kappa shape index (κ1) is 28.3. The van der Waals surface area contributed by atoms with Crippen LogP contribution < -0.4 is 9.64 Å². The van der Waals surface area contributed by atoms with Gasteiger partial charge < -0.3 is 14.7 Å². The Morgan fingerprint density at radius 1 is 1.03 bits per heavy atom. The summed E-state index contributed by atoms with van der Waals surface area (Å²) in [5.74, 6) is -0.602. The van der Waals surface area contributed by atoms with E-state index in [1.54, 1.807) is 6.07 Å². The Bertz CT molecular complexity index is 1110. The van der Waals surface area contributed by atoms with Crippen molar-refractivity contribution in [1.29, 1.82) is 0 Å². The van der Waals surface area contributed by atoms with Crippen molar-refractivity contribution in [3.63, 3.8) is 0 Å². The SMILES string of the molecule is CCCCN(CCCC)c1cc(CO)cc(S(=O)(=O)N2CCCC2)c1Oc1ccccc1C(F)(F)F. The van der Waals surface area contributed by atoms with Crippen LogP contribution in [0.3, 0.4) is 0 Å². The molecule has 1 N–H and O–H groups in total. The van der Waals surface area contributed by atoms with Crippen molar-refractivity contribution < 1.29 is 31.4 Å². The van der Waals surface area contributed by atoms with Crippen molar-refractivity contribution in [3.8, 4) is 11.5 Å². The Balaban J connectivity index is 2.27. The number of alkyl halides is 3. The predicted molar refractivity (Wildman–Crippen MR) is 134 cm³/mol. The summed E-state index contributed by atoms with van der Waals surface area (Å²) in [5.41, 5.74) is -0.254. The highest BCUT2D eigenvalue weighted by Gasteiger charge is 2.37. The Labute approximate surface area is 211 Å². The fourth-order valence-electron chi connectivity index (χ4n) is 4.28. The summed E-state index contributed by atoms with van der Waals surface area (Å²) >= 11 is 0.